The smallest absolute Gasteiger partial charge is 0.313 e. The Balaban J connectivity index is 1.53. The number of amides is 3. The molecule has 9 atom stereocenters. The van der Waals surface area contributed by atoms with Gasteiger partial charge in [-0.2, -0.15) is 0 Å². The van der Waals surface area contributed by atoms with Crippen LogP contribution in [0.15, 0.2) is 79.9 Å². The van der Waals surface area contributed by atoms with Crippen molar-refractivity contribution in [2.75, 3.05) is 43.1 Å². The zero-order chi connectivity index (χ0) is 39.3. The van der Waals surface area contributed by atoms with Crippen LogP contribution in [-0.4, -0.2) is 107 Å². The van der Waals surface area contributed by atoms with E-state index in [4.69, 9.17) is 9.47 Å². The highest BCUT2D eigenvalue weighted by atomic mass is 79.9. The van der Waals surface area contributed by atoms with Gasteiger partial charge in [-0.25, -0.2) is 0 Å². The van der Waals surface area contributed by atoms with Crippen molar-refractivity contribution in [2.24, 2.45) is 11.8 Å². The fraction of sp³-hybridized carbons (Fsp3) is 0.524. The minimum absolute atomic E-state index is 0.119. The molecule has 12 heteroatoms. The molecule has 3 fully saturated rings. The van der Waals surface area contributed by atoms with Crippen molar-refractivity contribution in [1.29, 1.82) is 0 Å². The highest BCUT2D eigenvalue weighted by molar-refractivity contribution is 9.09. The molecule has 292 valence electrons. The monoisotopic (exact) mass is 806 g/mol. The Morgan fingerprint density at radius 1 is 1.06 bits per heavy atom. The summed E-state index contributed by atoms with van der Waals surface area (Å²) in [4.78, 5) is 64.1. The van der Waals surface area contributed by atoms with Crippen molar-refractivity contribution in [3.05, 3.63) is 85.5 Å². The molecule has 11 nitrogen and oxygen atoms in total. The molecule has 0 radical (unpaired) electrons. The molecule has 1 unspecified atom stereocenters. The standard InChI is InChI=1S/C42H55BrN4O7/c1-8-13-19-33(49)44(7)27(6)36(28-17-15-14-16-18-28)53-41(52)34-35-39(50)47(29(10-3)26-48)38(42(35)25-32(43)37(34)54-42)40(51)46(24-9-2)31-22-20-30(21-23-31)45(11-4)12-5/h8-9,14-18,20-23,27,29,32,34-38,48H,1-2,10-13,19,24-26H2,3-7H3/t27-,29-,32?,34-,35+,36+,37-,38-,42+/m0/s1. The average molecular weight is 808 g/mol. The van der Waals surface area contributed by atoms with Crippen LogP contribution in [0.5, 0.6) is 0 Å². The minimum Gasteiger partial charge on any atom is -0.455 e. The number of alkyl halides is 1. The van der Waals surface area contributed by atoms with Gasteiger partial charge in [0.2, 0.25) is 11.8 Å². The van der Waals surface area contributed by atoms with Crippen LogP contribution < -0.4 is 9.80 Å². The molecule has 1 N–H and O–H groups in total. The maximum atomic E-state index is 15.1. The van der Waals surface area contributed by atoms with Gasteiger partial charge in [-0.05, 0) is 69.9 Å². The van der Waals surface area contributed by atoms with Crippen molar-refractivity contribution in [2.45, 2.75) is 94.1 Å². The van der Waals surface area contributed by atoms with E-state index in [9.17, 15) is 19.5 Å². The normalized spacial score (nSPS) is 25.7. The van der Waals surface area contributed by atoms with Crippen LogP contribution >= 0.6 is 15.9 Å². The van der Waals surface area contributed by atoms with Crippen LogP contribution in [0.4, 0.5) is 11.4 Å². The van der Waals surface area contributed by atoms with Gasteiger partial charge in [-0.3, -0.25) is 19.2 Å². The van der Waals surface area contributed by atoms with Crippen molar-refractivity contribution in [1.82, 2.24) is 9.80 Å². The summed E-state index contributed by atoms with van der Waals surface area (Å²) in [6.45, 7) is 17.0. The first-order valence-electron chi connectivity index (χ1n) is 19.1. The molecule has 3 saturated heterocycles. The largest absolute Gasteiger partial charge is 0.455 e. The molecule has 0 aliphatic carbocycles. The number of likely N-dealkylation sites (N-methyl/N-ethyl adjacent to an activating group) is 1. The fourth-order valence-electron chi connectivity index (χ4n) is 8.58. The number of nitrogens with zero attached hydrogens (tertiary/aromatic N) is 4. The number of aliphatic hydroxyl groups excluding tert-OH is 1. The molecular formula is C42H55BrN4O7. The molecule has 3 heterocycles. The molecule has 0 saturated carbocycles. The van der Waals surface area contributed by atoms with E-state index in [1.165, 1.54) is 4.90 Å². The number of rotatable bonds is 18. The number of hydrogen-bond acceptors (Lipinski definition) is 8. The number of ether oxygens (including phenoxy) is 2. The number of aliphatic hydroxyl groups is 1. The number of carbonyl (C=O) groups is 4. The van der Waals surface area contributed by atoms with Crippen molar-refractivity contribution < 1.29 is 33.8 Å². The van der Waals surface area contributed by atoms with Crippen LogP contribution in [0.25, 0.3) is 0 Å². The van der Waals surface area contributed by atoms with Gasteiger partial charge in [0.05, 0.1) is 36.6 Å². The lowest BCUT2D eigenvalue weighted by molar-refractivity contribution is -0.165. The first-order valence-corrected chi connectivity index (χ1v) is 20.0. The Bertz CT molecular complexity index is 1670. The first kappa shape index (κ1) is 41.2. The molecule has 3 aliphatic rings. The SMILES string of the molecule is C=CCCC(=O)N(C)[C@@H](C)[C@@H](OC(=O)[C@@H]1[C@H]2O[C@@]3(CC2Br)[C@H](C(=O)N(CC=C)c2ccc(N(CC)CC)cc2)N([C@@H](CC)CO)C(=O)[C@@H]13)c1ccccc1. The van der Waals surface area contributed by atoms with E-state index in [2.05, 4.69) is 47.8 Å². The van der Waals surface area contributed by atoms with Crippen LogP contribution in [0.3, 0.4) is 0 Å². The number of allylic oxidation sites excluding steroid dienone is 1. The predicted octanol–water partition coefficient (Wildman–Crippen LogP) is 5.67. The van der Waals surface area contributed by atoms with Crippen molar-refractivity contribution in [3.8, 4) is 0 Å². The molecule has 5 rings (SSSR count). The topological polar surface area (TPSA) is 120 Å². The number of anilines is 2. The summed E-state index contributed by atoms with van der Waals surface area (Å²) in [7, 11) is 1.69. The number of esters is 1. The predicted molar refractivity (Wildman–Crippen MR) is 213 cm³/mol. The minimum atomic E-state index is -1.37. The van der Waals surface area contributed by atoms with Crippen molar-refractivity contribution in [3.63, 3.8) is 0 Å². The molecule has 0 aromatic heterocycles. The average Bonchev–Trinajstić information content (AvgIpc) is 3.79. The highest BCUT2D eigenvalue weighted by Gasteiger charge is 2.77. The van der Waals surface area contributed by atoms with Gasteiger partial charge in [0.25, 0.3) is 5.91 Å². The van der Waals surface area contributed by atoms with E-state index in [0.29, 0.717) is 30.5 Å². The first-order chi connectivity index (χ1) is 25.9. The second-order valence-corrected chi connectivity index (χ2v) is 15.6. The number of fused-ring (bicyclic) bond motifs is 1. The molecule has 2 aromatic rings. The highest BCUT2D eigenvalue weighted by Crippen LogP contribution is 2.61. The zero-order valence-corrected chi connectivity index (χ0v) is 33.7. The molecule has 2 aromatic carbocycles. The van der Waals surface area contributed by atoms with E-state index < -0.39 is 59.6 Å². The third-order valence-corrected chi connectivity index (χ3v) is 12.4. The number of carbonyl (C=O) groups excluding carboxylic acids is 4. The molecule has 54 heavy (non-hydrogen) atoms. The summed E-state index contributed by atoms with van der Waals surface area (Å²) in [6.07, 6.45) is 3.18. The lowest BCUT2D eigenvalue weighted by Crippen LogP contribution is -2.59. The maximum Gasteiger partial charge on any atom is 0.313 e. The summed E-state index contributed by atoms with van der Waals surface area (Å²) in [6, 6.07) is 14.6. The number of benzene rings is 2. The van der Waals surface area contributed by atoms with Crippen LogP contribution in [0.2, 0.25) is 0 Å². The second kappa shape index (κ2) is 17.6. The van der Waals surface area contributed by atoms with Crippen LogP contribution in [0.1, 0.15) is 65.0 Å². The Kier molecular flexibility index (Phi) is 13.4. The van der Waals surface area contributed by atoms with E-state index in [1.54, 1.807) is 29.0 Å². The summed E-state index contributed by atoms with van der Waals surface area (Å²) in [5.74, 6) is -3.64. The van der Waals surface area contributed by atoms with Gasteiger partial charge in [0.15, 0.2) is 0 Å². The summed E-state index contributed by atoms with van der Waals surface area (Å²) in [5.41, 5.74) is 0.979. The molecule has 3 amide bonds. The maximum absolute atomic E-state index is 15.1. The molecule has 3 aliphatic heterocycles. The quantitative estimate of drug-likeness (QED) is 0.116. The second-order valence-electron chi connectivity index (χ2n) is 14.4. The summed E-state index contributed by atoms with van der Waals surface area (Å²) in [5, 5.41) is 10.6. The Morgan fingerprint density at radius 3 is 2.28 bits per heavy atom. The third-order valence-electron chi connectivity index (χ3n) is 11.6. The van der Waals surface area contributed by atoms with Gasteiger partial charge in [-0.15, -0.1) is 13.2 Å². The van der Waals surface area contributed by atoms with Crippen LogP contribution in [-0.2, 0) is 28.7 Å². The number of halogens is 1. The Morgan fingerprint density at radius 2 is 1.70 bits per heavy atom. The van der Waals surface area contributed by atoms with Gasteiger partial charge >= 0.3 is 5.97 Å². The third kappa shape index (κ3) is 7.49. The Labute approximate surface area is 328 Å². The number of likely N-dealkylation sites (tertiary alicyclic amines) is 1. The Hall–Kier alpha value is -4.00. The summed E-state index contributed by atoms with van der Waals surface area (Å²) >= 11 is 3.76. The van der Waals surface area contributed by atoms with Gasteiger partial charge in [-0.1, -0.05) is 65.3 Å². The van der Waals surface area contributed by atoms with E-state index in [1.807, 2.05) is 68.4 Å². The number of hydrogen-bond donors (Lipinski definition) is 1. The van der Waals surface area contributed by atoms with E-state index in [-0.39, 0.29) is 36.2 Å². The van der Waals surface area contributed by atoms with Gasteiger partial charge < -0.3 is 34.2 Å². The van der Waals surface area contributed by atoms with Gasteiger partial charge in [0, 0.05) is 49.3 Å². The molecule has 2 bridgehead atoms. The lowest BCUT2D eigenvalue weighted by Gasteiger charge is -2.39. The van der Waals surface area contributed by atoms with Crippen molar-refractivity contribution >= 4 is 51.0 Å². The zero-order valence-electron chi connectivity index (χ0n) is 32.1. The molecular weight excluding hydrogens is 752 g/mol. The van der Waals surface area contributed by atoms with Crippen LogP contribution in [0, 0.1) is 11.8 Å². The van der Waals surface area contributed by atoms with E-state index >= 15 is 4.79 Å². The van der Waals surface area contributed by atoms with E-state index in [0.717, 1.165) is 18.8 Å². The summed E-state index contributed by atoms with van der Waals surface area (Å²) < 4.78 is 13.2. The fourth-order valence-corrected chi connectivity index (χ4v) is 9.52. The lowest BCUT2D eigenvalue weighted by atomic mass is 9.70. The molecule has 1 spiro atoms. The van der Waals surface area contributed by atoms with Gasteiger partial charge in [0.1, 0.15) is 17.7 Å².